The number of nitrogens with zero attached hydrogens (tertiary/aromatic N) is 1. The number of carbonyl (C=O) groups excluding carboxylic acids is 1. The van der Waals surface area contributed by atoms with Crippen LogP contribution in [-0.4, -0.2) is 48.9 Å². The van der Waals surface area contributed by atoms with Crippen LogP contribution in [-0.2, 0) is 19.4 Å². The molecule has 1 aromatic rings. The summed E-state index contributed by atoms with van der Waals surface area (Å²) >= 11 is 6.02. The van der Waals surface area contributed by atoms with Crippen molar-refractivity contribution in [2.75, 3.05) is 19.7 Å². The molecule has 132 valence electrons. The van der Waals surface area contributed by atoms with Crippen molar-refractivity contribution in [3.8, 4) is 0 Å². The second-order valence-corrected chi connectivity index (χ2v) is 10.1. The molecule has 2 aliphatic rings. The van der Waals surface area contributed by atoms with E-state index in [1.54, 1.807) is 11.0 Å². The molecule has 1 aliphatic carbocycles. The molecule has 24 heavy (non-hydrogen) atoms. The lowest BCUT2D eigenvalue weighted by Gasteiger charge is -2.37. The highest BCUT2D eigenvalue weighted by Gasteiger charge is 2.52. The highest BCUT2D eigenvalue weighted by molar-refractivity contribution is 7.94. The number of hydrogen-bond donors (Lipinski definition) is 0. The van der Waals surface area contributed by atoms with Crippen molar-refractivity contribution in [3.63, 3.8) is 0 Å². The van der Waals surface area contributed by atoms with Crippen molar-refractivity contribution in [1.29, 1.82) is 0 Å². The molecule has 1 saturated heterocycles. The monoisotopic (exact) mass is 371 g/mol. The maximum atomic E-state index is 12.9. The predicted octanol–water partition coefficient (Wildman–Crippen LogP) is 2.60. The first kappa shape index (κ1) is 17.7. The van der Waals surface area contributed by atoms with Crippen LogP contribution in [0.2, 0.25) is 5.02 Å². The molecular formula is C17H22ClNO4S. The Morgan fingerprint density at radius 2 is 2.04 bits per heavy atom. The van der Waals surface area contributed by atoms with Crippen LogP contribution in [0.5, 0.6) is 0 Å². The van der Waals surface area contributed by atoms with Crippen LogP contribution in [0, 0.1) is 0 Å². The van der Waals surface area contributed by atoms with E-state index in [9.17, 15) is 13.2 Å². The molecule has 1 unspecified atom stereocenters. The van der Waals surface area contributed by atoms with Gasteiger partial charge in [-0.2, -0.15) is 0 Å². The van der Waals surface area contributed by atoms with Crippen LogP contribution in [0.3, 0.4) is 0 Å². The summed E-state index contributed by atoms with van der Waals surface area (Å²) in [5.41, 5.74) is 0.892. The topological polar surface area (TPSA) is 63.7 Å². The summed E-state index contributed by atoms with van der Waals surface area (Å²) < 4.78 is 29.6. The SMILES string of the molecule is CC(C)(C(=O)N1CCOC(c2cccc(Cl)c2)C1)S(=O)(=O)C1CC1. The first-order valence-corrected chi connectivity index (χ1v) is 10.1. The van der Waals surface area contributed by atoms with E-state index in [-0.39, 0.29) is 17.3 Å². The van der Waals surface area contributed by atoms with E-state index in [2.05, 4.69) is 0 Å². The number of morpholine rings is 1. The fraction of sp³-hybridized carbons (Fsp3) is 0.588. The summed E-state index contributed by atoms with van der Waals surface area (Å²) in [6.07, 6.45) is 1.03. The molecule has 1 aromatic carbocycles. The van der Waals surface area contributed by atoms with Gasteiger partial charge in [0.1, 0.15) is 10.9 Å². The van der Waals surface area contributed by atoms with E-state index >= 15 is 0 Å². The van der Waals surface area contributed by atoms with E-state index in [4.69, 9.17) is 16.3 Å². The number of amides is 1. The molecule has 0 bridgehead atoms. The first-order valence-electron chi connectivity index (χ1n) is 8.13. The van der Waals surface area contributed by atoms with Gasteiger partial charge in [0.15, 0.2) is 9.84 Å². The second-order valence-electron chi connectivity index (χ2n) is 6.92. The van der Waals surface area contributed by atoms with Gasteiger partial charge in [0, 0.05) is 11.6 Å². The van der Waals surface area contributed by atoms with Gasteiger partial charge in [-0.15, -0.1) is 0 Å². The van der Waals surface area contributed by atoms with E-state index in [0.29, 0.717) is 37.6 Å². The summed E-state index contributed by atoms with van der Waals surface area (Å²) in [4.78, 5) is 14.5. The van der Waals surface area contributed by atoms with E-state index in [1.807, 2.05) is 18.2 Å². The molecule has 5 nitrogen and oxygen atoms in total. The van der Waals surface area contributed by atoms with Crippen LogP contribution in [0.25, 0.3) is 0 Å². The summed E-state index contributed by atoms with van der Waals surface area (Å²) in [6.45, 7) is 4.16. The number of ether oxygens (including phenoxy) is 1. The Morgan fingerprint density at radius 1 is 1.33 bits per heavy atom. The third kappa shape index (κ3) is 3.19. The van der Waals surface area contributed by atoms with Crippen molar-refractivity contribution in [3.05, 3.63) is 34.9 Å². The number of hydrogen-bond acceptors (Lipinski definition) is 4. The van der Waals surface area contributed by atoms with Gasteiger partial charge in [0.2, 0.25) is 5.91 Å². The minimum atomic E-state index is -3.46. The fourth-order valence-corrected chi connectivity index (χ4v) is 5.20. The summed E-state index contributed by atoms with van der Waals surface area (Å²) in [5.74, 6) is -0.343. The van der Waals surface area contributed by atoms with Gasteiger partial charge < -0.3 is 9.64 Å². The van der Waals surface area contributed by atoms with Crippen LogP contribution < -0.4 is 0 Å². The summed E-state index contributed by atoms with van der Waals surface area (Å²) in [5, 5.41) is 0.248. The van der Waals surface area contributed by atoms with E-state index < -0.39 is 14.6 Å². The average molecular weight is 372 g/mol. The molecule has 1 aliphatic heterocycles. The van der Waals surface area contributed by atoms with Crippen molar-refractivity contribution in [1.82, 2.24) is 4.90 Å². The lowest BCUT2D eigenvalue weighted by Crippen LogP contribution is -2.54. The minimum Gasteiger partial charge on any atom is -0.370 e. The van der Waals surface area contributed by atoms with Gasteiger partial charge in [-0.1, -0.05) is 23.7 Å². The lowest BCUT2D eigenvalue weighted by molar-refractivity contribution is -0.141. The zero-order valence-corrected chi connectivity index (χ0v) is 15.4. The zero-order valence-electron chi connectivity index (χ0n) is 13.9. The molecule has 1 atom stereocenters. The Balaban J connectivity index is 1.78. The van der Waals surface area contributed by atoms with Gasteiger partial charge in [0.05, 0.1) is 18.4 Å². The smallest absolute Gasteiger partial charge is 0.243 e. The van der Waals surface area contributed by atoms with Gasteiger partial charge >= 0.3 is 0 Å². The molecule has 0 radical (unpaired) electrons. The van der Waals surface area contributed by atoms with Crippen LogP contribution in [0.15, 0.2) is 24.3 Å². The Morgan fingerprint density at radius 3 is 2.67 bits per heavy atom. The van der Waals surface area contributed by atoms with Crippen molar-refractivity contribution in [2.45, 2.75) is 42.8 Å². The van der Waals surface area contributed by atoms with Gasteiger partial charge in [-0.3, -0.25) is 4.79 Å². The average Bonchev–Trinajstić information content (AvgIpc) is 3.39. The standard InChI is InChI=1S/C17H22ClNO4S/c1-17(2,24(21,22)14-6-7-14)16(20)19-8-9-23-15(11-19)12-4-3-5-13(18)10-12/h3-5,10,14-15H,6-9,11H2,1-2H3. The molecule has 7 heteroatoms. The van der Waals surface area contributed by atoms with Crippen molar-refractivity contribution < 1.29 is 17.9 Å². The summed E-state index contributed by atoms with van der Waals surface area (Å²) in [6, 6.07) is 7.33. The third-order valence-corrected chi connectivity index (χ3v) is 7.95. The lowest BCUT2D eigenvalue weighted by atomic mass is 10.1. The van der Waals surface area contributed by atoms with Crippen LogP contribution >= 0.6 is 11.6 Å². The van der Waals surface area contributed by atoms with Gasteiger partial charge in [-0.25, -0.2) is 8.42 Å². The molecular weight excluding hydrogens is 350 g/mol. The van der Waals surface area contributed by atoms with Crippen LogP contribution in [0.4, 0.5) is 0 Å². The number of rotatable bonds is 4. The second kappa shape index (κ2) is 6.32. The third-order valence-electron chi connectivity index (χ3n) is 4.76. The molecule has 1 saturated carbocycles. The Bertz CT molecular complexity index is 743. The molecule has 1 heterocycles. The van der Waals surface area contributed by atoms with Gasteiger partial charge in [0.25, 0.3) is 0 Å². The largest absolute Gasteiger partial charge is 0.370 e. The number of benzene rings is 1. The molecule has 0 N–H and O–H groups in total. The maximum Gasteiger partial charge on any atom is 0.243 e. The molecule has 1 amide bonds. The van der Waals surface area contributed by atoms with Crippen LogP contribution in [0.1, 0.15) is 38.4 Å². The Kier molecular flexibility index (Phi) is 4.66. The molecule has 2 fully saturated rings. The van der Waals surface area contributed by atoms with E-state index in [0.717, 1.165) is 5.56 Å². The van der Waals surface area contributed by atoms with Gasteiger partial charge in [-0.05, 0) is 44.4 Å². The first-order chi connectivity index (χ1) is 11.2. The quantitative estimate of drug-likeness (QED) is 0.816. The normalized spacial score (nSPS) is 22.5. The number of sulfone groups is 1. The number of carbonyl (C=O) groups is 1. The van der Waals surface area contributed by atoms with E-state index in [1.165, 1.54) is 13.8 Å². The number of halogens is 1. The zero-order chi connectivity index (χ0) is 17.5. The molecule has 3 rings (SSSR count). The molecule has 0 spiro atoms. The highest BCUT2D eigenvalue weighted by Crippen LogP contribution is 2.37. The maximum absolute atomic E-state index is 12.9. The fourth-order valence-electron chi connectivity index (χ4n) is 3.04. The molecule has 0 aromatic heterocycles. The predicted molar refractivity (Wildman–Crippen MR) is 92.7 cm³/mol. The van der Waals surface area contributed by atoms with Crippen molar-refractivity contribution >= 4 is 27.3 Å². The summed E-state index contributed by atoms with van der Waals surface area (Å²) in [7, 11) is -3.46. The minimum absolute atomic E-state index is 0.291. The Hall–Kier alpha value is -1.11. The van der Waals surface area contributed by atoms with Crippen molar-refractivity contribution in [2.24, 2.45) is 0 Å². The Labute approximate surface area is 147 Å². The highest BCUT2D eigenvalue weighted by atomic mass is 35.5.